The van der Waals surface area contributed by atoms with Crippen LogP contribution in [0.25, 0.3) is 22.0 Å². The molecule has 0 bridgehead atoms. The largest absolute Gasteiger partial charge is 0.220 e. The summed E-state index contributed by atoms with van der Waals surface area (Å²) in [5, 5.41) is 2.45. The molecule has 25 heavy (non-hydrogen) atoms. The minimum atomic E-state index is 0.564. The van der Waals surface area contributed by atoms with Crippen LogP contribution in [0.1, 0.15) is 55.2 Å². The molecule has 1 heterocycles. The Morgan fingerprint density at radius 2 is 1.76 bits per heavy atom. The van der Waals surface area contributed by atoms with Crippen LogP contribution in [0.15, 0.2) is 42.6 Å². The highest BCUT2D eigenvalue weighted by Crippen LogP contribution is 2.37. The second-order valence-electron chi connectivity index (χ2n) is 7.76. The van der Waals surface area contributed by atoms with Gasteiger partial charge < -0.3 is 0 Å². The van der Waals surface area contributed by atoms with Gasteiger partial charge in [-0.3, -0.25) is 0 Å². The number of nitrogens with zero attached hydrogens (tertiary/aromatic N) is 1. The summed E-state index contributed by atoms with van der Waals surface area (Å²) < 4.78 is 10.5. The SMILES string of the molecule is [2H]c1cc2cc(C3CCCC3)ccc2c(-c2cc(C)cc(C)c2C)[n+]1C. The second-order valence-corrected chi connectivity index (χ2v) is 7.76. The Balaban J connectivity index is 1.98. The molecule has 1 aliphatic carbocycles. The van der Waals surface area contributed by atoms with E-state index in [1.807, 2.05) is 17.7 Å². The van der Waals surface area contributed by atoms with Crippen molar-refractivity contribution in [1.82, 2.24) is 0 Å². The maximum atomic E-state index is 8.51. The third kappa shape index (κ3) is 2.86. The van der Waals surface area contributed by atoms with Crippen LogP contribution in [0.5, 0.6) is 0 Å². The van der Waals surface area contributed by atoms with Crippen LogP contribution in [0.4, 0.5) is 0 Å². The van der Waals surface area contributed by atoms with Gasteiger partial charge in [0.05, 0.1) is 10.9 Å². The van der Waals surface area contributed by atoms with Crippen LogP contribution in [0, 0.1) is 20.8 Å². The molecule has 1 heteroatoms. The number of aromatic nitrogens is 1. The molecule has 1 saturated carbocycles. The first-order valence-corrected chi connectivity index (χ1v) is 9.47. The van der Waals surface area contributed by atoms with E-state index in [9.17, 15) is 0 Å². The Labute approximate surface area is 152 Å². The zero-order chi connectivity index (χ0) is 18.4. The van der Waals surface area contributed by atoms with Crippen molar-refractivity contribution < 1.29 is 5.94 Å². The highest BCUT2D eigenvalue weighted by Gasteiger charge is 2.21. The first-order chi connectivity index (χ1) is 12.5. The van der Waals surface area contributed by atoms with Gasteiger partial charge in [-0.25, -0.2) is 4.57 Å². The van der Waals surface area contributed by atoms with Gasteiger partial charge in [0.1, 0.15) is 8.42 Å². The van der Waals surface area contributed by atoms with Gasteiger partial charge in [-0.15, -0.1) is 0 Å². The average molecular weight is 332 g/mol. The fraction of sp³-hybridized carbons (Fsp3) is 0.375. The van der Waals surface area contributed by atoms with E-state index >= 15 is 0 Å². The number of pyridine rings is 1. The standard InChI is InChI=1S/C24H28N/c1-16-13-17(2)18(3)23(14-16)24-22-10-9-20(19-7-5-6-8-19)15-21(22)11-12-25(24)4/h9-15,19H,5-8H2,1-4H3/q+1/i12D. The van der Waals surface area contributed by atoms with Crippen LogP contribution in [0.2, 0.25) is 0 Å². The van der Waals surface area contributed by atoms with E-state index in [-0.39, 0.29) is 0 Å². The summed E-state index contributed by atoms with van der Waals surface area (Å²) in [7, 11) is 2.01. The van der Waals surface area contributed by atoms with Crippen molar-refractivity contribution in [1.29, 1.82) is 0 Å². The highest BCUT2D eigenvalue weighted by molar-refractivity contribution is 5.94. The summed E-state index contributed by atoms with van der Waals surface area (Å²) in [5.74, 6) is 0.703. The van der Waals surface area contributed by atoms with Crippen molar-refractivity contribution in [2.45, 2.75) is 52.4 Å². The lowest BCUT2D eigenvalue weighted by Crippen LogP contribution is -2.30. The van der Waals surface area contributed by atoms with E-state index < -0.39 is 0 Å². The van der Waals surface area contributed by atoms with Crippen LogP contribution in [-0.2, 0) is 7.05 Å². The second kappa shape index (κ2) is 6.29. The Morgan fingerprint density at radius 1 is 1.00 bits per heavy atom. The minimum Gasteiger partial charge on any atom is -0.200 e. The van der Waals surface area contributed by atoms with Crippen molar-refractivity contribution >= 4 is 10.8 Å². The molecule has 0 aliphatic heterocycles. The number of hydrogen-bond acceptors (Lipinski definition) is 0. The first-order valence-electron chi connectivity index (χ1n) is 9.97. The summed E-state index contributed by atoms with van der Waals surface area (Å²) in [6.07, 6.45) is 5.88. The molecule has 0 amide bonds. The third-order valence-corrected chi connectivity index (χ3v) is 5.97. The minimum absolute atomic E-state index is 0.564. The smallest absolute Gasteiger partial charge is 0.200 e. The van der Waals surface area contributed by atoms with E-state index in [0.717, 1.165) is 5.69 Å². The maximum Gasteiger partial charge on any atom is 0.220 e. The zero-order valence-corrected chi connectivity index (χ0v) is 15.8. The Morgan fingerprint density at radius 3 is 2.52 bits per heavy atom. The summed E-state index contributed by atoms with van der Waals surface area (Å²) in [5.41, 5.74) is 7.75. The molecule has 1 fully saturated rings. The molecule has 0 saturated heterocycles. The van der Waals surface area contributed by atoms with Gasteiger partial charge in [0.25, 0.3) is 0 Å². The van der Waals surface area contributed by atoms with Gasteiger partial charge in [-0.05, 0) is 73.7 Å². The predicted molar refractivity (Wildman–Crippen MR) is 106 cm³/mol. The van der Waals surface area contributed by atoms with Crippen LogP contribution in [-0.4, -0.2) is 0 Å². The van der Waals surface area contributed by atoms with Gasteiger partial charge in [0, 0.05) is 6.07 Å². The molecular formula is C24H28N+. The third-order valence-electron chi connectivity index (χ3n) is 5.97. The average Bonchev–Trinajstić information content (AvgIpc) is 3.14. The van der Waals surface area contributed by atoms with Crippen LogP contribution < -0.4 is 4.57 Å². The molecule has 0 spiro atoms. The number of aryl methyl sites for hydroxylation is 2. The zero-order valence-electron chi connectivity index (χ0n) is 16.8. The maximum absolute atomic E-state index is 8.51. The van der Waals surface area contributed by atoms with Crippen molar-refractivity contribution in [2.24, 2.45) is 7.05 Å². The Bertz CT molecular complexity index is 997. The Hall–Kier alpha value is -2.15. The molecule has 0 N–H and O–H groups in total. The number of benzene rings is 2. The van der Waals surface area contributed by atoms with Gasteiger partial charge in [-0.1, -0.05) is 36.6 Å². The van der Waals surface area contributed by atoms with E-state index in [1.165, 1.54) is 64.3 Å². The topological polar surface area (TPSA) is 3.88 Å². The van der Waals surface area contributed by atoms with Gasteiger partial charge in [-0.2, -0.15) is 0 Å². The molecule has 2 aromatic carbocycles. The fourth-order valence-electron chi connectivity index (χ4n) is 4.45. The van der Waals surface area contributed by atoms with Crippen molar-refractivity contribution in [3.8, 4) is 11.3 Å². The fourth-order valence-corrected chi connectivity index (χ4v) is 4.45. The predicted octanol–water partition coefficient (Wildman–Crippen LogP) is 5.91. The van der Waals surface area contributed by atoms with Gasteiger partial charge in [0.15, 0.2) is 6.17 Å². The van der Waals surface area contributed by atoms with E-state index in [0.29, 0.717) is 12.1 Å². The number of hydrogen-bond donors (Lipinski definition) is 0. The van der Waals surface area contributed by atoms with Crippen molar-refractivity contribution in [2.75, 3.05) is 0 Å². The lowest BCUT2D eigenvalue weighted by atomic mass is 9.92. The lowest BCUT2D eigenvalue weighted by molar-refractivity contribution is -0.659. The van der Waals surface area contributed by atoms with Crippen LogP contribution in [0.3, 0.4) is 0 Å². The van der Waals surface area contributed by atoms with E-state index in [4.69, 9.17) is 1.37 Å². The number of rotatable bonds is 2. The quantitative estimate of drug-likeness (QED) is 0.514. The molecule has 0 atom stereocenters. The normalized spacial score (nSPS) is 15.8. The molecular weight excluding hydrogens is 302 g/mol. The Kier molecular flexibility index (Phi) is 3.81. The molecule has 1 aromatic heterocycles. The van der Waals surface area contributed by atoms with Crippen molar-refractivity contribution in [3.63, 3.8) is 0 Å². The molecule has 128 valence electrons. The summed E-state index contributed by atoms with van der Waals surface area (Å²) in [6, 6.07) is 13.5. The molecule has 0 unspecified atom stereocenters. The van der Waals surface area contributed by atoms with Gasteiger partial charge >= 0.3 is 0 Å². The molecule has 1 aliphatic rings. The number of fused-ring (bicyclic) bond motifs is 1. The summed E-state index contributed by atoms with van der Waals surface area (Å²) >= 11 is 0. The molecule has 3 aromatic rings. The van der Waals surface area contributed by atoms with Crippen molar-refractivity contribution in [3.05, 3.63) is 64.8 Å². The monoisotopic (exact) mass is 331 g/mol. The molecule has 4 rings (SSSR count). The lowest BCUT2D eigenvalue weighted by Gasteiger charge is -2.14. The highest BCUT2D eigenvalue weighted by atomic mass is 14.9. The molecule has 1 nitrogen and oxygen atoms in total. The first kappa shape index (κ1) is 15.1. The van der Waals surface area contributed by atoms with Crippen LogP contribution >= 0.6 is 0 Å². The molecule has 0 radical (unpaired) electrons. The summed E-state index contributed by atoms with van der Waals surface area (Å²) in [6.45, 7) is 6.52. The van der Waals surface area contributed by atoms with E-state index in [1.54, 1.807) is 0 Å². The van der Waals surface area contributed by atoms with E-state index in [2.05, 4.69) is 51.1 Å². The summed E-state index contributed by atoms with van der Waals surface area (Å²) in [4.78, 5) is 0. The van der Waals surface area contributed by atoms with Gasteiger partial charge in [0.2, 0.25) is 5.69 Å².